The lowest BCUT2D eigenvalue weighted by molar-refractivity contribution is -0.149. The van der Waals surface area contributed by atoms with Crippen LogP contribution in [-0.2, 0) is 19.4 Å². The van der Waals surface area contributed by atoms with Gasteiger partial charge in [-0.2, -0.15) is 0 Å². The van der Waals surface area contributed by atoms with E-state index in [1.165, 1.54) is 0 Å². The summed E-state index contributed by atoms with van der Waals surface area (Å²) in [6, 6.07) is 5.24. The van der Waals surface area contributed by atoms with Crippen LogP contribution in [0.15, 0.2) is 18.2 Å². The van der Waals surface area contributed by atoms with Crippen LogP contribution in [0.1, 0.15) is 24.3 Å². The SMILES string of the molecule is O=C(OC1CCS(=O)(=O)C1)C1CC1c1cc(Cl)cc(Cl)c1. The van der Waals surface area contributed by atoms with Crippen LogP contribution in [0.25, 0.3) is 0 Å². The van der Waals surface area contributed by atoms with E-state index in [-0.39, 0.29) is 29.3 Å². The highest BCUT2D eigenvalue weighted by molar-refractivity contribution is 7.91. The predicted molar refractivity (Wildman–Crippen MR) is 80.5 cm³/mol. The molecule has 0 radical (unpaired) electrons. The monoisotopic (exact) mass is 348 g/mol. The predicted octanol–water partition coefficient (Wildman–Crippen LogP) is 2.83. The molecule has 0 spiro atoms. The maximum atomic E-state index is 12.0. The summed E-state index contributed by atoms with van der Waals surface area (Å²) in [5.41, 5.74) is 0.925. The molecule has 2 fully saturated rings. The molecule has 1 heterocycles. The Balaban J connectivity index is 1.61. The molecule has 21 heavy (non-hydrogen) atoms. The molecular formula is C14H14Cl2O4S. The molecule has 3 unspecified atom stereocenters. The number of rotatable bonds is 3. The highest BCUT2D eigenvalue weighted by Gasteiger charge is 2.46. The number of ether oxygens (including phenoxy) is 1. The van der Waals surface area contributed by atoms with E-state index in [2.05, 4.69) is 0 Å². The van der Waals surface area contributed by atoms with Crippen molar-refractivity contribution in [3.05, 3.63) is 33.8 Å². The van der Waals surface area contributed by atoms with Crippen molar-refractivity contribution in [3.63, 3.8) is 0 Å². The van der Waals surface area contributed by atoms with Crippen molar-refractivity contribution in [2.24, 2.45) is 5.92 Å². The van der Waals surface area contributed by atoms with Crippen molar-refractivity contribution < 1.29 is 17.9 Å². The second-order valence-corrected chi connectivity index (χ2v) is 8.71. The van der Waals surface area contributed by atoms with Crippen LogP contribution in [0.5, 0.6) is 0 Å². The van der Waals surface area contributed by atoms with Crippen LogP contribution in [0.4, 0.5) is 0 Å². The number of hydrogen-bond donors (Lipinski definition) is 0. The van der Waals surface area contributed by atoms with Gasteiger partial charge in [0, 0.05) is 10.0 Å². The molecule has 7 heteroatoms. The van der Waals surface area contributed by atoms with E-state index in [0.717, 1.165) is 5.56 Å². The van der Waals surface area contributed by atoms with Gasteiger partial charge in [-0.25, -0.2) is 8.42 Å². The Labute approximate surface area is 133 Å². The molecular weight excluding hydrogens is 335 g/mol. The zero-order valence-electron chi connectivity index (χ0n) is 11.1. The fourth-order valence-electron chi connectivity index (χ4n) is 2.72. The van der Waals surface area contributed by atoms with Crippen LogP contribution >= 0.6 is 23.2 Å². The molecule has 0 amide bonds. The smallest absolute Gasteiger partial charge is 0.309 e. The average molecular weight is 349 g/mol. The van der Waals surface area contributed by atoms with E-state index in [1.807, 2.05) is 0 Å². The van der Waals surface area contributed by atoms with Crippen LogP contribution in [0.2, 0.25) is 10.0 Å². The molecule has 0 aromatic heterocycles. The topological polar surface area (TPSA) is 60.4 Å². The highest BCUT2D eigenvalue weighted by atomic mass is 35.5. The third-order valence-electron chi connectivity index (χ3n) is 3.88. The lowest BCUT2D eigenvalue weighted by Crippen LogP contribution is -2.20. The van der Waals surface area contributed by atoms with Gasteiger partial charge in [-0.3, -0.25) is 4.79 Å². The van der Waals surface area contributed by atoms with Crippen LogP contribution in [-0.4, -0.2) is 32.0 Å². The lowest BCUT2D eigenvalue weighted by atomic mass is 10.1. The largest absolute Gasteiger partial charge is 0.461 e. The Morgan fingerprint density at radius 1 is 1.19 bits per heavy atom. The summed E-state index contributed by atoms with van der Waals surface area (Å²) in [5.74, 6) is -0.435. The maximum absolute atomic E-state index is 12.0. The molecule has 0 N–H and O–H groups in total. The Morgan fingerprint density at radius 3 is 2.43 bits per heavy atom. The third-order valence-corrected chi connectivity index (χ3v) is 6.05. The minimum atomic E-state index is -3.04. The second-order valence-electron chi connectivity index (χ2n) is 5.61. The number of halogens is 2. The summed E-state index contributed by atoms with van der Waals surface area (Å²) in [6.45, 7) is 0. The van der Waals surface area contributed by atoms with E-state index in [9.17, 15) is 13.2 Å². The zero-order valence-corrected chi connectivity index (χ0v) is 13.4. The van der Waals surface area contributed by atoms with Crippen molar-refractivity contribution in [2.75, 3.05) is 11.5 Å². The van der Waals surface area contributed by atoms with Crippen molar-refractivity contribution in [3.8, 4) is 0 Å². The van der Waals surface area contributed by atoms with Gasteiger partial charge in [0.25, 0.3) is 0 Å². The standard InChI is InChI=1S/C14H14Cl2O4S/c15-9-3-8(4-10(16)5-9)12-6-13(12)14(17)20-11-1-2-21(18,19)7-11/h3-5,11-13H,1-2,6-7H2. The van der Waals surface area contributed by atoms with Gasteiger partial charge in [0.1, 0.15) is 6.10 Å². The first-order chi connectivity index (χ1) is 9.84. The highest BCUT2D eigenvalue weighted by Crippen LogP contribution is 2.49. The molecule has 1 aliphatic heterocycles. The van der Waals surface area contributed by atoms with Crippen LogP contribution in [0.3, 0.4) is 0 Å². The Hall–Kier alpha value is -0.780. The molecule has 3 atom stereocenters. The van der Waals surface area contributed by atoms with Gasteiger partial charge in [-0.1, -0.05) is 23.2 Å². The molecule has 1 aromatic carbocycles. The summed E-state index contributed by atoms with van der Waals surface area (Å²) < 4.78 is 28.0. The summed E-state index contributed by atoms with van der Waals surface area (Å²) in [7, 11) is -3.04. The maximum Gasteiger partial charge on any atom is 0.309 e. The van der Waals surface area contributed by atoms with Crippen LogP contribution in [0, 0.1) is 5.92 Å². The molecule has 1 aliphatic carbocycles. The Kier molecular flexibility index (Phi) is 3.93. The van der Waals surface area contributed by atoms with Crippen molar-refractivity contribution in [1.29, 1.82) is 0 Å². The number of carbonyl (C=O) groups excluding carboxylic acids is 1. The summed E-state index contributed by atoms with van der Waals surface area (Å²) in [4.78, 5) is 12.0. The molecule has 114 valence electrons. The van der Waals surface area contributed by atoms with Gasteiger partial charge in [0.05, 0.1) is 17.4 Å². The number of carbonyl (C=O) groups is 1. The molecule has 1 saturated carbocycles. The summed E-state index contributed by atoms with van der Waals surface area (Å²) in [6.07, 6.45) is 0.593. The third kappa shape index (κ3) is 3.52. The number of esters is 1. The molecule has 1 saturated heterocycles. The Morgan fingerprint density at radius 2 is 1.86 bits per heavy atom. The van der Waals surface area contributed by atoms with E-state index >= 15 is 0 Å². The van der Waals surface area contributed by atoms with E-state index in [4.69, 9.17) is 27.9 Å². The van der Waals surface area contributed by atoms with Gasteiger partial charge in [-0.15, -0.1) is 0 Å². The summed E-state index contributed by atoms with van der Waals surface area (Å²) >= 11 is 11.9. The average Bonchev–Trinajstić information content (AvgIpc) is 3.08. The number of sulfone groups is 1. The molecule has 0 bridgehead atoms. The minimum absolute atomic E-state index is 0.0564. The van der Waals surface area contributed by atoms with Gasteiger partial charge in [0.15, 0.2) is 9.84 Å². The zero-order chi connectivity index (χ0) is 15.2. The molecule has 3 rings (SSSR count). The van der Waals surface area contributed by atoms with Gasteiger partial charge < -0.3 is 4.74 Å². The minimum Gasteiger partial charge on any atom is -0.461 e. The van der Waals surface area contributed by atoms with Gasteiger partial charge in [0.2, 0.25) is 0 Å². The number of benzene rings is 1. The van der Waals surface area contributed by atoms with E-state index < -0.39 is 15.9 Å². The van der Waals surface area contributed by atoms with Crippen molar-refractivity contribution in [1.82, 2.24) is 0 Å². The first-order valence-corrected chi connectivity index (χ1v) is 9.29. The first kappa shape index (κ1) is 15.1. The van der Waals surface area contributed by atoms with E-state index in [1.54, 1.807) is 18.2 Å². The fraction of sp³-hybridized carbons (Fsp3) is 0.500. The molecule has 2 aliphatic rings. The normalized spacial score (nSPS) is 30.1. The summed E-state index contributed by atoms with van der Waals surface area (Å²) in [5, 5.41) is 1.08. The Bertz CT molecular complexity index is 666. The van der Waals surface area contributed by atoms with Crippen molar-refractivity contribution >= 4 is 39.0 Å². The number of hydrogen-bond acceptors (Lipinski definition) is 4. The quantitative estimate of drug-likeness (QED) is 0.788. The lowest BCUT2D eigenvalue weighted by Gasteiger charge is -2.10. The molecule has 4 nitrogen and oxygen atoms in total. The first-order valence-electron chi connectivity index (χ1n) is 6.71. The van der Waals surface area contributed by atoms with Gasteiger partial charge in [-0.05, 0) is 42.5 Å². The fourth-order valence-corrected chi connectivity index (χ4v) is 4.85. The molecule has 1 aromatic rings. The van der Waals surface area contributed by atoms with E-state index in [0.29, 0.717) is 22.9 Å². The second kappa shape index (κ2) is 5.45. The van der Waals surface area contributed by atoms with Gasteiger partial charge >= 0.3 is 5.97 Å². The van der Waals surface area contributed by atoms with Crippen LogP contribution < -0.4 is 0 Å². The van der Waals surface area contributed by atoms with Crippen molar-refractivity contribution in [2.45, 2.75) is 24.9 Å².